The van der Waals surface area contributed by atoms with E-state index in [-0.39, 0.29) is 18.1 Å². The summed E-state index contributed by atoms with van der Waals surface area (Å²) in [4.78, 5) is 19.3. The van der Waals surface area contributed by atoms with Crippen LogP contribution < -0.4 is 10.1 Å². The number of hydrogen-bond acceptors (Lipinski definition) is 4. The van der Waals surface area contributed by atoms with Crippen molar-refractivity contribution in [3.05, 3.63) is 48.4 Å². The molecule has 0 saturated carbocycles. The summed E-state index contributed by atoms with van der Waals surface area (Å²) in [5.41, 5.74) is 0.644. The van der Waals surface area contributed by atoms with Crippen LogP contribution in [0.2, 0.25) is 0 Å². The molecule has 0 aliphatic carbocycles. The smallest absolute Gasteiger partial charge is 0.422 e. The van der Waals surface area contributed by atoms with Crippen molar-refractivity contribution in [2.45, 2.75) is 12.6 Å². The summed E-state index contributed by atoms with van der Waals surface area (Å²) in [5.74, 6) is 0.185. The average molecular weight is 311 g/mol. The molecule has 116 valence electrons. The van der Waals surface area contributed by atoms with E-state index in [9.17, 15) is 18.0 Å². The fraction of sp³-hybridized carbons (Fsp3) is 0.214. The van der Waals surface area contributed by atoms with E-state index in [0.29, 0.717) is 11.4 Å². The number of alkyl halides is 3. The maximum Gasteiger partial charge on any atom is 0.422 e. The van der Waals surface area contributed by atoms with Gasteiger partial charge in [-0.25, -0.2) is 9.97 Å². The van der Waals surface area contributed by atoms with Gasteiger partial charge in [0.1, 0.15) is 17.9 Å². The number of nitrogens with one attached hydrogen (secondary N) is 1. The second-order valence-electron chi connectivity index (χ2n) is 4.37. The Bertz CT molecular complexity index is 615. The van der Waals surface area contributed by atoms with Crippen molar-refractivity contribution in [1.82, 2.24) is 9.97 Å². The zero-order chi connectivity index (χ0) is 16.0. The largest absolute Gasteiger partial charge is 0.484 e. The molecule has 0 spiro atoms. The van der Waals surface area contributed by atoms with E-state index in [2.05, 4.69) is 20.0 Å². The van der Waals surface area contributed by atoms with E-state index in [1.54, 1.807) is 6.07 Å². The van der Waals surface area contributed by atoms with Crippen molar-refractivity contribution in [1.29, 1.82) is 0 Å². The van der Waals surface area contributed by atoms with Gasteiger partial charge in [-0.2, -0.15) is 13.2 Å². The summed E-state index contributed by atoms with van der Waals surface area (Å²) in [6.45, 7) is -1.35. The molecule has 0 fully saturated rings. The van der Waals surface area contributed by atoms with Crippen molar-refractivity contribution in [3.63, 3.8) is 0 Å². The zero-order valence-corrected chi connectivity index (χ0v) is 11.3. The second kappa shape index (κ2) is 6.88. The van der Waals surface area contributed by atoms with E-state index >= 15 is 0 Å². The Kier molecular flexibility index (Phi) is 4.92. The molecule has 22 heavy (non-hydrogen) atoms. The van der Waals surface area contributed by atoms with Gasteiger partial charge in [0.2, 0.25) is 5.91 Å². The van der Waals surface area contributed by atoms with Gasteiger partial charge in [-0.15, -0.1) is 0 Å². The van der Waals surface area contributed by atoms with E-state index in [1.807, 2.05) is 0 Å². The lowest BCUT2D eigenvalue weighted by atomic mass is 10.1. The van der Waals surface area contributed by atoms with Crippen molar-refractivity contribution in [2.75, 3.05) is 11.9 Å². The molecule has 0 aliphatic heterocycles. The normalized spacial score (nSPS) is 11.0. The van der Waals surface area contributed by atoms with Crippen LogP contribution in [0.4, 0.5) is 19.0 Å². The molecule has 0 radical (unpaired) electrons. The molecule has 1 amide bonds. The summed E-state index contributed by atoms with van der Waals surface area (Å²) in [5, 5.41) is 2.58. The van der Waals surface area contributed by atoms with Crippen LogP contribution in [0.3, 0.4) is 0 Å². The van der Waals surface area contributed by atoms with Crippen molar-refractivity contribution >= 4 is 11.7 Å². The molecule has 1 heterocycles. The fourth-order valence-corrected chi connectivity index (χ4v) is 1.61. The number of carbonyl (C=O) groups is 1. The zero-order valence-electron chi connectivity index (χ0n) is 11.3. The highest BCUT2D eigenvalue weighted by Gasteiger charge is 2.28. The lowest BCUT2D eigenvalue weighted by molar-refractivity contribution is -0.153. The van der Waals surface area contributed by atoms with Gasteiger partial charge in [-0.05, 0) is 23.8 Å². The van der Waals surface area contributed by atoms with Crippen molar-refractivity contribution in [3.8, 4) is 5.75 Å². The molecule has 0 bridgehead atoms. The Labute approximate surface area is 124 Å². The van der Waals surface area contributed by atoms with Crippen LogP contribution in [0.1, 0.15) is 5.56 Å². The number of aromatic nitrogens is 2. The molecule has 0 aliphatic rings. The Balaban J connectivity index is 1.87. The Hall–Kier alpha value is -2.64. The highest BCUT2D eigenvalue weighted by atomic mass is 19.4. The summed E-state index contributed by atoms with van der Waals surface area (Å²) < 4.78 is 40.6. The molecular formula is C14H12F3N3O2. The molecule has 1 aromatic heterocycles. The SMILES string of the molecule is O=C(Cc1ccc(OCC(F)(F)F)cc1)Nc1ccncn1. The molecule has 1 aromatic carbocycles. The quantitative estimate of drug-likeness (QED) is 0.922. The lowest BCUT2D eigenvalue weighted by Crippen LogP contribution is -2.19. The third-order valence-corrected chi connectivity index (χ3v) is 2.54. The predicted molar refractivity (Wildman–Crippen MR) is 72.4 cm³/mol. The number of amides is 1. The topological polar surface area (TPSA) is 64.1 Å². The van der Waals surface area contributed by atoms with Gasteiger partial charge in [0.15, 0.2) is 6.61 Å². The van der Waals surface area contributed by atoms with Gasteiger partial charge in [0.05, 0.1) is 6.42 Å². The molecule has 0 atom stereocenters. The van der Waals surface area contributed by atoms with Gasteiger partial charge in [0.25, 0.3) is 0 Å². The average Bonchev–Trinajstić information content (AvgIpc) is 2.47. The second-order valence-corrected chi connectivity index (χ2v) is 4.37. The van der Waals surface area contributed by atoms with Crippen LogP contribution >= 0.6 is 0 Å². The molecule has 0 unspecified atom stereocenters. The van der Waals surface area contributed by atoms with Gasteiger partial charge in [-0.3, -0.25) is 4.79 Å². The van der Waals surface area contributed by atoms with Gasteiger partial charge in [-0.1, -0.05) is 12.1 Å². The highest BCUT2D eigenvalue weighted by molar-refractivity contribution is 5.91. The number of ether oxygens (including phenoxy) is 1. The van der Waals surface area contributed by atoms with E-state index in [4.69, 9.17) is 0 Å². The van der Waals surface area contributed by atoms with E-state index < -0.39 is 12.8 Å². The first-order chi connectivity index (χ1) is 10.4. The summed E-state index contributed by atoms with van der Waals surface area (Å²) >= 11 is 0. The number of rotatable bonds is 5. The Morgan fingerprint density at radius 2 is 1.91 bits per heavy atom. The van der Waals surface area contributed by atoms with E-state index in [0.717, 1.165) is 0 Å². The van der Waals surface area contributed by atoms with Crippen molar-refractivity contribution < 1.29 is 22.7 Å². The first-order valence-electron chi connectivity index (χ1n) is 6.27. The number of nitrogens with zero attached hydrogens (tertiary/aromatic N) is 2. The minimum Gasteiger partial charge on any atom is -0.484 e. The third-order valence-electron chi connectivity index (χ3n) is 2.54. The molecule has 8 heteroatoms. The van der Waals surface area contributed by atoms with Crippen LogP contribution in [0.15, 0.2) is 42.9 Å². The Morgan fingerprint density at radius 1 is 1.18 bits per heavy atom. The number of benzene rings is 1. The highest BCUT2D eigenvalue weighted by Crippen LogP contribution is 2.19. The van der Waals surface area contributed by atoms with Crippen molar-refractivity contribution in [2.24, 2.45) is 0 Å². The molecule has 1 N–H and O–H groups in total. The maximum atomic E-state index is 12.0. The minimum atomic E-state index is -4.38. The third kappa shape index (κ3) is 5.39. The lowest BCUT2D eigenvalue weighted by Gasteiger charge is -2.09. The molecule has 0 saturated heterocycles. The number of anilines is 1. The van der Waals surface area contributed by atoms with Gasteiger partial charge in [0, 0.05) is 6.20 Å². The van der Waals surface area contributed by atoms with E-state index in [1.165, 1.54) is 36.8 Å². The minimum absolute atomic E-state index is 0.0730. The molecular weight excluding hydrogens is 299 g/mol. The monoisotopic (exact) mass is 311 g/mol. The fourth-order valence-electron chi connectivity index (χ4n) is 1.61. The van der Waals surface area contributed by atoms with Crippen LogP contribution in [0.25, 0.3) is 0 Å². The summed E-state index contributed by atoms with van der Waals surface area (Å²) in [6.07, 6.45) is -1.50. The van der Waals surface area contributed by atoms with Gasteiger partial charge >= 0.3 is 6.18 Å². The van der Waals surface area contributed by atoms with Crippen LogP contribution in [-0.4, -0.2) is 28.7 Å². The summed E-state index contributed by atoms with van der Waals surface area (Å²) in [6, 6.07) is 7.39. The summed E-state index contributed by atoms with van der Waals surface area (Å²) in [7, 11) is 0. The van der Waals surface area contributed by atoms with Crippen LogP contribution in [0, 0.1) is 0 Å². The molecule has 2 aromatic rings. The number of carbonyl (C=O) groups excluding carboxylic acids is 1. The standard InChI is InChI=1S/C14H12F3N3O2/c15-14(16,17)8-22-11-3-1-10(2-4-11)7-13(21)20-12-5-6-18-9-19-12/h1-6,9H,7-8H2,(H,18,19,20,21). The van der Waals surface area contributed by atoms with Crippen LogP contribution in [-0.2, 0) is 11.2 Å². The first-order valence-corrected chi connectivity index (χ1v) is 6.27. The number of hydrogen-bond donors (Lipinski definition) is 1. The molecule has 5 nitrogen and oxygen atoms in total. The molecule has 2 rings (SSSR count). The predicted octanol–water partition coefficient (Wildman–Crippen LogP) is 2.60. The first kappa shape index (κ1) is 15.7. The number of halogens is 3. The Morgan fingerprint density at radius 3 is 2.50 bits per heavy atom. The van der Waals surface area contributed by atoms with Crippen LogP contribution in [0.5, 0.6) is 5.75 Å². The maximum absolute atomic E-state index is 12.0. The van der Waals surface area contributed by atoms with Gasteiger partial charge < -0.3 is 10.1 Å².